The molecule has 2 aromatic heterocycles. The summed E-state index contributed by atoms with van der Waals surface area (Å²) < 4.78 is 2.35. The van der Waals surface area contributed by atoms with Crippen LogP contribution in [0.1, 0.15) is 25.0 Å². The molecule has 0 saturated carbocycles. The first-order valence-corrected chi connectivity index (χ1v) is 18.1. The SMILES string of the molecule is CC1(C)c2ccccc2-c2nc(-n3c4cc5ccccc5cc4c4c5cccc6c5c(cc43)-c3ccccc3-6)nc(-c3ccc4ccccc4c3)c21. The average Bonchev–Trinajstić information content (AvgIpc) is 3.77. The van der Waals surface area contributed by atoms with Gasteiger partial charge >= 0.3 is 0 Å². The first-order chi connectivity index (χ1) is 25.5. The van der Waals surface area contributed by atoms with Crippen molar-refractivity contribution >= 4 is 54.1 Å². The Bertz CT molecular complexity index is 3220. The molecule has 2 aliphatic rings. The molecule has 242 valence electrons. The van der Waals surface area contributed by atoms with Gasteiger partial charge in [-0.15, -0.1) is 0 Å². The van der Waals surface area contributed by atoms with Crippen molar-refractivity contribution in [3.8, 4) is 50.7 Å². The number of aromatic nitrogens is 3. The third-order valence-electron chi connectivity index (χ3n) is 11.9. The number of rotatable bonds is 2. The van der Waals surface area contributed by atoms with Crippen LogP contribution < -0.4 is 0 Å². The van der Waals surface area contributed by atoms with Crippen molar-refractivity contribution in [1.82, 2.24) is 14.5 Å². The van der Waals surface area contributed by atoms with E-state index in [4.69, 9.17) is 9.97 Å². The van der Waals surface area contributed by atoms with Crippen LogP contribution in [0.25, 0.3) is 105 Å². The van der Waals surface area contributed by atoms with Gasteiger partial charge in [-0.2, -0.15) is 0 Å². The molecule has 0 atom stereocenters. The Morgan fingerprint density at radius 1 is 0.442 bits per heavy atom. The Morgan fingerprint density at radius 2 is 1.08 bits per heavy atom. The molecule has 10 aromatic rings. The topological polar surface area (TPSA) is 30.7 Å². The van der Waals surface area contributed by atoms with Crippen molar-refractivity contribution < 1.29 is 0 Å². The highest BCUT2D eigenvalue weighted by Crippen LogP contribution is 2.53. The predicted molar refractivity (Wildman–Crippen MR) is 216 cm³/mol. The fourth-order valence-electron chi connectivity index (χ4n) is 9.53. The molecule has 0 spiro atoms. The van der Waals surface area contributed by atoms with Crippen LogP contribution in [0.3, 0.4) is 0 Å². The highest BCUT2D eigenvalue weighted by atomic mass is 15.2. The zero-order chi connectivity index (χ0) is 34.3. The lowest BCUT2D eigenvalue weighted by atomic mass is 9.80. The van der Waals surface area contributed by atoms with Gasteiger partial charge in [0, 0.05) is 32.9 Å². The Hall–Kier alpha value is -6.58. The minimum atomic E-state index is -0.273. The summed E-state index contributed by atoms with van der Waals surface area (Å²) in [5.74, 6) is 0.693. The van der Waals surface area contributed by atoms with Crippen LogP contribution in [-0.4, -0.2) is 14.5 Å². The third kappa shape index (κ3) is 3.55. The summed E-state index contributed by atoms with van der Waals surface area (Å²) in [6.07, 6.45) is 0. The van der Waals surface area contributed by atoms with Gasteiger partial charge in [0.2, 0.25) is 5.95 Å². The third-order valence-corrected chi connectivity index (χ3v) is 11.9. The van der Waals surface area contributed by atoms with Gasteiger partial charge in [-0.05, 0) is 84.4 Å². The van der Waals surface area contributed by atoms with Crippen LogP contribution in [-0.2, 0) is 5.41 Å². The molecule has 0 bridgehead atoms. The van der Waals surface area contributed by atoms with Gasteiger partial charge in [-0.1, -0.05) is 141 Å². The van der Waals surface area contributed by atoms with Gasteiger partial charge in [0.15, 0.2) is 0 Å². The first-order valence-electron chi connectivity index (χ1n) is 18.1. The smallest absolute Gasteiger partial charge is 0.235 e. The van der Waals surface area contributed by atoms with Crippen LogP contribution in [0.4, 0.5) is 0 Å². The number of hydrogen-bond donors (Lipinski definition) is 0. The molecule has 0 fully saturated rings. The minimum absolute atomic E-state index is 0.273. The minimum Gasteiger partial charge on any atom is -0.278 e. The van der Waals surface area contributed by atoms with E-state index in [0.29, 0.717) is 5.95 Å². The Kier molecular flexibility index (Phi) is 5.31. The Morgan fingerprint density at radius 3 is 1.88 bits per heavy atom. The highest BCUT2D eigenvalue weighted by molar-refractivity contribution is 6.30. The van der Waals surface area contributed by atoms with Crippen LogP contribution in [0.2, 0.25) is 0 Å². The Balaban J connectivity index is 1.26. The van der Waals surface area contributed by atoms with Crippen molar-refractivity contribution in [3.05, 3.63) is 163 Å². The van der Waals surface area contributed by atoms with Crippen LogP contribution in [0.15, 0.2) is 152 Å². The summed E-state index contributed by atoms with van der Waals surface area (Å²) >= 11 is 0. The molecular formula is C49H31N3. The first kappa shape index (κ1) is 28.2. The standard InChI is InChI=1S/C49H31N3/c1-49(2)40-21-10-9-18-36(40)47-45(49)46(32-23-22-28-12-3-4-13-29(28)24-32)50-48(51-47)52-41-26-31-15-6-5-14-30(31)25-39(41)44-37-20-11-19-35-33-16-7-8-17-34(33)38(43(35)37)27-42(44)52/h3-27H,1-2H3. The van der Waals surface area contributed by atoms with Crippen molar-refractivity contribution in [1.29, 1.82) is 0 Å². The number of nitrogens with zero attached hydrogens (tertiary/aromatic N) is 3. The van der Waals surface area contributed by atoms with E-state index < -0.39 is 0 Å². The summed E-state index contributed by atoms with van der Waals surface area (Å²) in [5, 5.41) is 9.89. The molecule has 8 aromatic carbocycles. The maximum absolute atomic E-state index is 5.67. The number of benzene rings is 8. The zero-order valence-electron chi connectivity index (χ0n) is 28.8. The van der Waals surface area contributed by atoms with Crippen LogP contribution in [0.5, 0.6) is 0 Å². The van der Waals surface area contributed by atoms with E-state index in [-0.39, 0.29) is 5.41 Å². The van der Waals surface area contributed by atoms with Crippen LogP contribution >= 0.6 is 0 Å². The molecule has 3 heteroatoms. The summed E-state index contributed by atoms with van der Waals surface area (Å²) in [7, 11) is 0. The monoisotopic (exact) mass is 661 g/mol. The molecular weight excluding hydrogens is 631 g/mol. The molecule has 2 aliphatic carbocycles. The van der Waals surface area contributed by atoms with E-state index in [9.17, 15) is 0 Å². The van der Waals surface area contributed by atoms with Crippen molar-refractivity contribution in [2.75, 3.05) is 0 Å². The van der Waals surface area contributed by atoms with E-state index in [0.717, 1.165) is 28.0 Å². The molecule has 2 heterocycles. The quantitative estimate of drug-likeness (QED) is 0.185. The van der Waals surface area contributed by atoms with Crippen molar-refractivity contribution in [2.45, 2.75) is 19.3 Å². The van der Waals surface area contributed by atoms with E-state index >= 15 is 0 Å². The van der Waals surface area contributed by atoms with Gasteiger partial charge in [-0.25, -0.2) is 9.97 Å². The fourth-order valence-corrected chi connectivity index (χ4v) is 9.53. The number of hydrogen-bond acceptors (Lipinski definition) is 2. The lowest BCUT2D eigenvalue weighted by Crippen LogP contribution is -2.18. The largest absolute Gasteiger partial charge is 0.278 e. The van der Waals surface area contributed by atoms with E-state index in [1.807, 2.05) is 0 Å². The molecule has 52 heavy (non-hydrogen) atoms. The second-order valence-corrected chi connectivity index (χ2v) is 15.0. The molecule has 0 N–H and O–H groups in total. The Labute approximate surface area is 300 Å². The van der Waals surface area contributed by atoms with Crippen molar-refractivity contribution in [3.63, 3.8) is 0 Å². The maximum Gasteiger partial charge on any atom is 0.235 e. The normalized spacial score (nSPS) is 13.7. The average molecular weight is 662 g/mol. The lowest BCUT2D eigenvalue weighted by Gasteiger charge is -2.24. The second kappa shape index (κ2) is 9.80. The predicted octanol–water partition coefficient (Wildman–Crippen LogP) is 12.7. The van der Waals surface area contributed by atoms with E-state index in [2.05, 4.69) is 170 Å². The fraction of sp³-hybridized carbons (Fsp3) is 0.0612. The van der Waals surface area contributed by atoms with E-state index in [1.54, 1.807) is 0 Å². The van der Waals surface area contributed by atoms with Gasteiger partial charge in [-0.3, -0.25) is 4.57 Å². The summed E-state index contributed by atoms with van der Waals surface area (Å²) in [6, 6.07) is 55.5. The molecule has 0 amide bonds. The zero-order valence-corrected chi connectivity index (χ0v) is 28.8. The molecule has 0 radical (unpaired) electrons. The van der Waals surface area contributed by atoms with Gasteiger partial charge < -0.3 is 0 Å². The summed E-state index contributed by atoms with van der Waals surface area (Å²) in [5.41, 5.74) is 13.9. The van der Waals surface area contributed by atoms with E-state index in [1.165, 1.54) is 82.0 Å². The molecule has 0 unspecified atom stereocenters. The molecule has 12 rings (SSSR count). The number of fused-ring (bicyclic) bond motifs is 12. The highest BCUT2D eigenvalue weighted by Gasteiger charge is 2.40. The summed E-state index contributed by atoms with van der Waals surface area (Å²) in [4.78, 5) is 11.3. The maximum atomic E-state index is 5.67. The molecule has 3 nitrogen and oxygen atoms in total. The second-order valence-electron chi connectivity index (χ2n) is 15.0. The molecule has 0 saturated heterocycles. The van der Waals surface area contributed by atoms with Gasteiger partial charge in [0.25, 0.3) is 0 Å². The van der Waals surface area contributed by atoms with Gasteiger partial charge in [0.1, 0.15) is 0 Å². The summed E-state index contributed by atoms with van der Waals surface area (Å²) in [6.45, 7) is 4.64. The van der Waals surface area contributed by atoms with Crippen LogP contribution in [0, 0.1) is 0 Å². The molecule has 0 aliphatic heterocycles. The van der Waals surface area contributed by atoms with Crippen molar-refractivity contribution in [2.24, 2.45) is 0 Å². The lowest BCUT2D eigenvalue weighted by molar-refractivity contribution is 0.657. The van der Waals surface area contributed by atoms with Gasteiger partial charge in [0.05, 0.1) is 22.4 Å².